The number of nitrogens with one attached hydrogen (secondary N) is 1. The Labute approximate surface area is 146 Å². The number of carboxylic acids is 1. The first-order valence-corrected chi connectivity index (χ1v) is 9.35. The summed E-state index contributed by atoms with van der Waals surface area (Å²) in [6.07, 6.45) is 0.293. The monoisotopic (exact) mass is 365 g/mol. The molecule has 2 rings (SSSR count). The lowest BCUT2D eigenvalue weighted by Crippen LogP contribution is -2.17. The van der Waals surface area contributed by atoms with Crippen molar-refractivity contribution >= 4 is 21.7 Å². The molecule has 7 nitrogen and oxygen atoms in total. The summed E-state index contributed by atoms with van der Waals surface area (Å²) in [5.74, 6) is 0.202. The Bertz CT molecular complexity index is 835. The number of rotatable bonds is 8. The fourth-order valence-electron chi connectivity index (χ4n) is 2.09. The average Bonchev–Trinajstić information content (AvgIpc) is 2.48. The summed E-state index contributed by atoms with van der Waals surface area (Å²) in [6, 6.07) is 13.5. The van der Waals surface area contributed by atoms with Crippen LogP contribution in [-0.4, -0.2) is 31.9 Å². The van der Waals surface area contributed by atoms with Crippen LogP contribution < -0.4 is 14.2 Å². The standard InChI is InChI=1S/C17H19NO6S/c1-12(10-17(19)20)23-14-8-9-16(15(11-14)18-25(2,21)22)24-13-6-4-3-5-7-13/h3-9,11-12,18H,10H2,1-2H3,(H,19,20). The second kappa shape index (κ2) is 7.89. The van der Waals surface area contributed by atoms with Gasteiger partial charge >= 0.3 is 5.97 Å². The fraction of sp³-hybridized carbons (Fsp3) is 0.235. The number of carboxylic acid groups (broad SMARTS) is 1. The first-order chi connectivity index (χ1) is 11.7. The molecule has 0 aliphatic heterocycles. The molecule has 0 spiro atoms. The van der Waals surface area contributed by atoms with Crippen LogP contribution in [0.1, 0.15) is 13.3 Å². The summed E-state index contributed by atoms with van der Waals surface area (Å²) in [4.78, 5) is 10.7. The minimum atomic E-state index is -3.54. The summed E-state index contributed by atoms with van der Waals surface area (Å²) in [5.41, 5.74) is 0.200. The van der Waals surface area contributed by atoms with E-state index in [2.05, 4.69) is 4.72 Å². The Hall–Kier alpha value is -2.74. The van der Waals surface area contributed by atoms with Gasteiger partial charge in [0, 0.05) is 6.07 Å². The minimum Gasteiger partial charge on any atom is -0.490 e. The van der Waals surface area contributed by atoms with Crippen molar-refractivity contribution in [1.82, 2.24) is 0 Å². The Balaban J connectivity index is 2.28. The van der Waals surface area contributed by atoms with Gasteiger partial charge in [-0.05, 0) is 31.2 Å². The molecule has 0 bridgehead atoms. The van der Waals surface area contributed by atoms with Crippen molar-refractivity contribution in [3.63, 3.8) is 0 Å². The Morgan fingerprint density at radius 1 is 1.16 bits per heavy atom. The number of carbonyl (C=O) groups is 1. The van der Waals surface area contributed by atoms with Crippen LogP contribution in [0.2, 0.25) is 0 Å². The molecule has 25 heavy (non-hydrogen) atoms. The molecule has 0 aliphatic carbocycles. The van der Waals surface area contributed by atoms with Crippen LogP contribution in [0.5, 0.6) is 17.2 Å². The predicted octanol–water partition coefficient (Wildman–Crippen LogP) is 3.09. The molecule has 0 radical (unpaired) electrons. The van der Waals surface area contributed by atoms with Gasteiger partial charge in [0.15, 0.2) is 5.75 Å². The normalized spacial score (nSPS) is 12.2. The van der Waals surface area contributed by atoms with Crippen LogP contribution >= 0.6 is 0 Å². The fourth-order valence-corrected chi connectivity index (χ4v) is 2.65. The van der Waals surface area contributed by atoms with Crippen molar-refractivity contribution in [2.75, 3.05) is 11.0 Å². The highest BCUT2D eigenvalue weighted by molar-refractivity contribution is 7.92. The molecule has 2 aromatic carbocycles. The molecule has 1 atom stereocenters. The quantitative estimate of drug-likeness (QED) is 0.745. The zero-order chi connectivity index (χ0) is 18.4. The largest absolute Gasteiger partial charge is 0.490 e. The number of anilines is 1. The van der Waals surface area contributed by atoms with E-state index in [1.54, 1.807) is 43.3 Å². The summed E-state index contributed by atoms with van der Waals surface area (Å²) < 4.78 is 36.8. The van der Waals surface area contributed by atoms with Crippen LogP contribution in [0.15, 0.2) is 48.5 Å². The third kappa shape index (κ3) is 6.34. The number of hydrogen-bond donors (Lipinski definition) is 2. The van der Waals surface area contributed by atoms with Crippen molar-refractivity contribution in [3.05, 3.63) is 48.5 Å². The molecule has 0 aliphatic rings. The van der Waals surface area contributed by atoms with Crippen molar-refractivity contribution in [3.8, 4) is 17.2 Å². The Kier molecular flexibility index (Phi) is 5.87. The lowest BCUT2D eigenvalue weighted by molar-refractivity contribution is -0.138. The summed E-state index contributed by atoms with van der Waals surface area (Å²) in [6.45, 7) is 1.62. The van der Waals surface area contributed by atoms with Crippen molar-refractivity contribution in [2.45, 2.75) is 19.4 Å². The topological polar surface area (TPSA) is 102 Å². The molecule has 134 valence electrons. The van der Waals surface area contributed by atoms with Gasteiger partial charge in [-0.25, -0.2) is 8.42 Å². The first-order valence-electron chi connectivity index (χ1n) is 7.46. The molecule has 2 aromatic rings. The molecule has 0 saturated heterocycles. The maximum atomic E-state index is 11.6. The van der Waals surface area contributed by atoms with Gasteiger partial charge in [-0.1, -0.05) is 18.2 Å². The van der Waals surface area contributed by atoms with E-state index in [-0.39, 0.29) is 12.1 Å². The van der Waals surface area contributed by atoms with E-state index in [0.29, 0.717) is 17.2 Å². The van der Waals surface area contributed by atoms with Gasteiger partial charge in [0.25, 0.3) is 0 Å². The number of benzene rings is 2. The summed E-state index contributed by atoms with van der Waals surface area (Å²) >= 11 is 0. The number of ether oxygens (including phenoxy) is 2. The maximum absolute atomic E-state index is 11.6. The van der Waals surface area contributed by atoms with E-state index in [1.807, 2.05) is 6.07 Å². The van der Waals surface area contributed by atoms with Crippen LogP contribution in [0, 0.1) is 0 Å². The van der Waals surface area contributed by atoms with Gasteiger partial charge in [0.2, 0.25) is 10.0 Å². The second-order valence-electron chi connectivity index (χ2n) is 5.47. The third-order valence-electron chi connectivity index (χ3n) is 3.02. The van der Waals surface area contributed by atoms with Gasteiger partial charge in [-0.2, -0.15) is 0 Å². The molecule has 8 heteroatoms. The zero-order valence-electron chi connectivity index (χ0n) is 13.8. The lowest BCUT2D eigenvalue weighted by Gasteiger charge is -2.16. The van der Waals surface area contributed by atoms with E-state index < -0.39 is 22.1 Å². The third-order valence-corrected chi connectivity index (χ3v) is 3.61. The van der Waals surface area contributed by atoms with E-state index in [1.165, 1.54) is 6.07 Å². The number of para-hydroxylation sites is 1. The highest BCUT2D eigenvalue weighted by atomic mass is 32.2. The van der Waals surface area contributed by atoms with Crippen molar-refractivity contribution < 1.29 is 27.8 Å². The summed E-state index contributed by atoms with van der Waals surface area (Å²) in [7, 11) is -3.54. The average molecular weight is 365 g/mol. The molecular formula is C17H19NO6S. The number of sulfonamides is 1. The Morgan fingerprint density at radius 3 is 2.44 bits per heavy atom. The SMILES string of the molecule is CC(CC(=O)O)Oc1ccc(Oc2ccccc2)c(NS(C)(=O)=O)c1. The van der Waals surface area contributed by atoms with Crippen molar-refractivity contribution in [1.29, 1.82) is 0 Å². The van der Waals surface area contributed by atoms with Crippen LogP contribution in [0.3, 0.4) is 0 Å². The van der Waals surface area contributed by atoms with Crippen molar-refractivity contribution in [2.24, 2.45) is 0 Å². The molecule has 0 aromatic heterocycles. The van der Waals surface area contributed by atoms with E-state index in [4.69, 9.17) is 14.6 Å². The second-order valence-corrected chi connectivity index (χ2v) is 7.22. The molecule has 0 heterocycles. The van der Waals surface area contributed by atoms with Crippen LogP contribution in [0.25, 0.3) is 0 Å². The van der Waals surface area contributed by atoms with Gasteiger partial charge in [-0.3, -0.25) is 9.52 Å². The Morgan fingerprint density at radius 2 is 1.84 bits per heavy atom. The molecule has 0 amide bonds. The van der Waals surface area contributed by atoms with E-state index in [0.717, 1.165) is 6.26 Å². The van der Waals surface area contributed by atoms with E-state index >= 15 is 0 Å². The number of aliphatic carboxylic acids is 1. The number of hydrogen-bond acceptors (Lipinski definition) is 5. The minimum absolute atomic E-state index is 0.170. The predicted molar refractivity (Wildman–Crippen MR) is 93.8 cm³/mol. The maximum Gasteiger partial charge on any atom is 0.307 e. The first kappa shape index (κ1) is 18.6. The molecule has 0 saturated carbocycles. The molecule has 2 N–H and O–H groups in total. The zero-order valence-corrected chi connectivity index (χ0v) is 14.6. The van der Waals surface area contributed by atoms with Crippen LogP contribution in [-0.2, 0) is 14.8 Å². The molecular weight excluding hydrogens is 346 g/mol. The molecule has 0 fully saturated rings. The smallest absolute Gasteiger partial charge is 0.307 e. The lowest BCUT2D eigenvalue weighted by atomic mass is 10.2. The highest BCUT2D eigenvalue weighted by Crippen LogP contribution is 2.34. The van der Waals surface area contributed by atoms with Gasteiger partial charge in [0.1, 0.15) is 17.6 Å². The van der Waals surface area contributed by atoms with Gasteiger partial charge in [-0.15, -0.1) is 0 Å². The highest BCUT2D eigenvalue weighted by Gasteiger charge is 2.14. The van der Waals surface area contributed by atoms with E-state index in [9.17, 15) is 13.2 Å². The molecule has 1 unspecified atom stereocenters. The van der Waals surface area contributed by atoms with Gasteiger partial charge in [0.05, 0.1) is 18.4 Å². The van der Waals surface area contributed by atoms with Crippen LogP contribution in [0.4, 0.5) is 5.69 Å². The van der Waals surface area contributed by atoms with Gasteiger partial charge < -0.3 is 14.6 Å². The summed E-state index contributed by atoms with van der Waals surface area (Å²) in [5, 5.41) is 8.79.